The molecule has 0 aromatic rings. The third kappa shape index (κ3) is 3.51. The van der Waals surface area contributed by atoms with Gasteiger partial charge in [0.15, 0.2) is 0 Å². The SMILES string of the molecule is CCCN1CCC(C(C)SC)CC1. The lowest BCUT2D eigenvalue weighted by Gasteiger charge is -2.34. The summed E-state index contributed by atoms with van der Waals surface area (Å²) in [5.74, 6) is 0.975. The average Bonchev–Trinajstić information content (AvgIpc) is 2.18. The van der Waals surface area contributed by atoms with Crippen LogP contribution in [0.2, 0.25) is 0 Å². The molecule has 1 aliphatic rings. The van der Waals surface area contributed by atoms with Gasteiger partial charge in [0.25, 0.3) is 0 Å². The van der Waals surface area contributed by atoms with Crippen molar-refractivity contribution in [3.8, 4) is 0 Å². The monoisotopic (exact) mass is 201 g/mol. The lowest BCUT2D eigenvalue weighted by atomic mass is 9.94. The summed E-state index contributed by atoms with van der Waals surface area (Å²) in [6.07, 6.45) is 6.38. The van der Waals surface area contributed by atoms with Crippen LogP contribution < -0.4 is 0 Å². The van der Waals surface area contributed by atoms with E-state index in [9.17, 15) is 0 Å². The maximum atomic E-state index is 2.61. The molecule has 1 rings (SSSR count). The molecule has 13 heavy (non-hydrogen) atoms. The summed E-state index contributed by atoms with van der Waals surface area (Å²) < 4.78 is 0. The largest absolute Gasteiger partial charge is 0.303 e. The van der Waals surface area contributed by atoms with Crippen LogP contribution in [0.3, 0.4) is 0 Å². The van der Waals surface area contributed by atoms with E-state index >= 15 is 0 Å². The van der Waals surface area contributed by atoms with Crippen LogP contribution in [0, 0.1) is 5.92 Å². The minimum Gasteiger partial charge on any atom is -0.303 e. The smallest absolute Gasteiger partial charge is 0.00451 e. The van der Waals surface area contributed by atoms with Crippen molar-refractivity contribution in [1.82, 2.24) is 4.90 Å². The molecule has 1 aliphatic heterocycles. The van der Waals surface area contributed by atoms with Gasteiger partial charge in [0.2, 0.25) is 0 Å². The van der Waals surface area contributed by atoms with Gasteiger partial charge in [-0.3, -0.25) is 0 Å². The fraction of sp³-hybridized carbons (Fsp3) is 1.00. The standard InChI is InChI=1S/C11H23NS/c1-4-7-12-8-5-11(6-9-12)10(2)13-3/h10-11H,4-9H2,1-3H3. The zero-order valence-corrected chi connectivity index (χ0v) is 10.1. The molecular formula is C11H23NS. The first kappa shape index (κ1) is 11.4. The molecule has 2 heteroatoms. The molecule has 0 amide bonds. The summed E-state index contributed by atoms with van der Waals surface area (Å²) >= 11 is 2.03. The Morgan fingerprint density at radius 3 is 2.46 bits per heavy atom. The number of piperidine rings is 1. The molecule has 0 bridgehead atoms. The molecule has 0 N–H and O–H groups in total. The number of rotatable bonds is 4. The molecule has 0 saturated carbocycles. The van der Waals surface area contributed by atoms with E-state index < -0.39 is 0 Å². The summed E-state index contributed by atoms with van der Waals surface area (Å²) in [6.45, 7) is 8.63. The van der Waals surface area contributed by atoms with E-state index in [2.05, 4.69) is 25.0 Å². The van der Waals surface area contributed by atoms with Crippen LogP contribution in [0.5, 0.6) is 0 Å². The third-order valence-corrected chi connectivity index (χ3v) is 4.34. The fourth-order valence-corrected chi connectivity index (χ4v) is 2.81. The van der Waals surface area contributed by atoms with Crippen LogP contribution in [0.4, 0.5) is 0 Å². The Hall–Kier alpha value is 0.310. The minimum atomic E-state index is 0.865. The van der Waals surface area contributed by atoms with Crippen LogP contribution in [-0.4, -0.2) is 36.0 Å². The first-order valence-electron chi connectivity index (χ1n) is 5.53. The Labute approximate surface area is 87.3 Å². The maximum absolute atomic E-state index is 2.61. The van der Waals surface area contributed by atoms with Gasteiger partial charge in [-0.15, -0.1) is 0 Å². The number of nitrogens with zero attached hydrogens (tertiary/aromatic N) is 1. The normalized spacial score (nSPS) is 23.3. The van der Waals surface area contributed by atoms with Crippen molar-refractivity contribution in [2.45, 2.75) is 38.4 Å². The van der Waals surface area contributed by atoms with Crippen LogP contribution in [-0.2, 0) is 0 Å². The van der Waals surface area contributed by atoms with E-state index in [-0.39, 0.29) is 0 Å². The van der Waals surface area contributed by atoms with Gasteiger partial charge in [-0.25, -0.2) is 0 Å². The van der Waals surface area contributed by atoms with E-state index in [1.165, 1.54) is 38.9 Å². The quantitative estimate of drug-likeness (QED) is 0.688. The van der Waals surface area contributed by atoms with Crippen LogP contribution in [0.25, 0.3) is 0 Å². The van der Waals surface area contributed by atoms with Crippen LogP contribution in [0.15, 0.2) is 0 Å². The van der Waals surface area contributed by atoms with Gasteiger partial charge in [0.05, 0.1) is 0 Å². The molecular weight excluding hydrogens is 178 g/mol. The Bertz CT molecular complexity index is 130. The minimum absolute atomic E-state index is 0.865. The molecule has 1 nitrogen and oxygen atoms in total. The first-order chi connectivity index (χ1) is 6.27. The Morgan fingerprint density at radius 1 is 1.38 bits per heavy atom. The molecule has 0 aromatic heterocycles. The van der Waals surface area contributed by atoms with Gasteiger partial charge in [0.1, 0.15) is 0 Å². The zero-order valence-electron chi connectivity index (χ0n) is 9.25. The molecule has 1 heterocycles. The van der Waals surface area contributed by atoms with Gasteiger partial charge < -0.3 is 4.90 Å². The Morgan fingerprint density at radius 2 is 2.00 bits per heavy atom. The lowest BCUT2D eigenvalue weighted by molar-refractivity contribution is 0.185. The van der Waals surface area contributed by atoms with E-state index in [4.69, 9.17) is 0 Å². The first-order valence-corrected chi connectivity index (χ1v) is 6.81. The van der Waals surface area contributed by atoms with Crippen LogP contribution in [0.1, 0.15) is 33.1 Å². The predicted octanol–water partition coefficient (Wildman–Crippen LogP) is 2.86. The molecule has 1 saturated heterocycles. The third-order valence-electron chi connectivity index (χ3n) is 3.21. The van der Waals surface area contributed by atoms with E-state index in [1.54, 1.807) is 0 Å². The maximum Gasteiger partial charge on any atom is 0.00451 e. The topological polar surface area (TPSA) is 3.24 Å². The second-order valence-corrected chi connectivity index (χ2v) is 5.33. The second-order valence-electron chi connectivity index (χ2n) is 4.12. The molecule has 0 aliphatic carbocycles. The van der Waals surface area contributed by atoms with Crippen molar-refractivity contribution in [3.63, 3.8) is 0 Å². The summed E-state index contributed by atoms with van der Waals surface area (Å²) in [5, 5.41) is 0.865. The fourth-order valence-electron chi connectivity index (χ4n) is 2.15. The van der Waals surface area contributed by atoms with Crippen molar-refractivity contribution in [1.29, 1.82) is 0 Å². The highest BCUT2D eigenvalue weighted by Crippen LogP contribution is 2.26. The highest BCUT2D eigenvalue weighted by atomic mass is 32.2. The summed E-state index contributed by atoms with van der Waals surface area (Å²) in [6, 6.07) is 0. The van der Waals surface area contributed by atoms with E-state index in [0.29, 0.717) is 0 Å². The van der Waals surface area contributed by atoms with Crippen molar-refractivity contribution in [3.05, 3.63) is 0 Å². The molecule has 0 spiro atoms. The number of thioether (sulfide) groups is 1. The van der Waals surface area contributed by atoms with Crippen molar-refractivity contribution in [2.24, 2.45) is 5.92 Å². The van der Waals surface area contributed by atoms with Crippen molar-refractivity contribution in [2.75, 3.05) is 25.9 Å². The zero-order chi connectivity index (χ0) is 9.68. The molecule has 0 aromatic carbocycles. The predicted molar refractivity (Wildman–Crippen MR) is 62.4 cm³/mol. The Kier molecular flexibility index (Phi) is 5.18. The number of hydrogen-bond acceptors (Lipinski definition) is 2. The van der Waals surface area contributed by atoms with Crippen molar-refractivity contribution >= 4 is 11.8 Å². The highest BCUT2D eigenvalue weighted by molar-refractivity contribution is 7.99. The van der Waals surface area contributed by atoms with Crippen LogP contribution >= 0.6 is 11.8 Å². The van der Waals surface area contributed by atoms with Gasteiger partial charge in [0, 0.05) is 5.25 Å². The summed E-state index contributed by atoms with van der Waals surface area (Å²) in [4.78, 5) is 2.61. The highest BCUT2D eigenvalue weighted by Gasteiger charge is 2.22. The second kappa shape index (κ2) is 5.92. The Balaban J connectivity index is 2.22. The average molecular weight is 201 g/mol. The number of likely N-dealkylation sites (tertiary alicyclic amines) is 1. The molecule has 1 unspecified atom stereocenters. The molecule has 78 valence electrons. The number of hydrogen-bond donors (Lipinski definition) is 0. The van der Waals surface area contributed by atoms with Gasteiger partial charge in [-0.2, -0.15) is 11.8 Å². The lowest BCUT2D eigenvalue weighted by Crippen LogP contribution is -2.36. The molecule has 1 fully saturated rings. The van der Waals surface area contributed by atoms with Gasteiger partial charge >= 0.3 is 0 Å². The summed E-state index contributed by atoms with van der Waals surface area (Å²) in [5.41, 5.74) is 0. The van der Waals surface area contributed by atoms with Gasteiger partial charge in [-0.1, -0.05) is 13.8 Å². The van der Waals surface area contributed by atoms with Crippen molar-refractivity contribution < 1.29 is 0 Å². The van der Waals surface area contributed by atoms with E-state index in [1.807, 2.05) is 11.8 Å². The molecule has 1 atom stereocenters. The summed E-state index contributed by atoms with van der Waals surface area (Å²) in [7, 11) is 0. The van der Waals surface area contributed by atoms with Gasteiger partial charge in [-0.05, 0) is 51.1 Å². The van der Waals surface area contributed by atoms with E-state index in [0.717, 1.165) is 11.2 Å². The molecule has 0 radical (unpaired) electrons.